The standard InChI is InChI=1S/C19H25N3O3/c1-14-11-17(22-10-7-20-13-22)4-3-16(14)12-21-8-5-15(6-9-21)18(23)19(24)25-2/h3-4,7,10-11,13,15,18,23H,5-6,8-9,12H2,1-2H3/t18-/m0/s1. The van der Waals surface area contributed by atoms with Gasteiger partial charge in [-0.25, -0.2) is 9.78 Å². The van der Waals surface area contributed by atoms with Crippen molar-refractivity contribution in [2.45, 2.75) is 32.4 Å². The predicted molar refractivity (Wildman–Crippen MR) is 94.3 cm³/mol. The molecule has 1 atom stereocenters. The first-order valence-corrected chi connectivity index (χ1v) is 8.64. The van der Waals surface area contributed by atoms with Crippen LogP contribution in [0.25, 0.3) is 5.69 Å². The maximum atomic E-state index is 11.5. The third kappa shape index (κ3) is 4.08. The first-order chi connectivity index (χ1) is 12.1. The second-order valence-corrected chi connectivity index (χ2v) is 6.66. The lowest BCUT2D eigenvalue weighted by atomic mass is 9.91. The van der Waals surface area contributed by atoms with Crippen LogP contribution in [-0.4, -0.2) is 51.8 Å². The Labute approximate surface area is 148 Å². The number of aromatic nitrogens is 2. The van der Waals surface area contributed by atoms with E-state index in [2.05, 4.69) is 39.7 Å². The Balaban J connectivity index is 1.58. The Morgan fingerprint density at radius 2 is 2.16 bits per heavy atom. The molecule has 0 aliphatic carbocycles. The molecule has 1 aliphatic rings. The molecule has 1 aromatic heterocycles. The van der Waals surface area contributed by atoms with Crippen LogP contribution >= 0.6 is 0 Å². The number of esters is 1. The lowest BCUT2D eigenvalue weighted by Crippen LogP contribution is -2.40. The van der Waals surface area contributed by atoms with Gasteiger partial charge >= 0.3 is 5.97 Å². The first-order valence-electron chi connectivity index (χ1n) is 8.64. The van der Waals surface area contributed by atoms with Crippen LogP contribution in [0.15, 0.2) is 36.9 Å². The fourth-order valence-corrected chi connectivity index (χ4v) is 3.41. The Hall–Kier alpha value is -2.18. The van der Waals surface area contributed by atoms with Gasteiger partial charge in [-0.1, -0.05) is 6.07 Å². The number of piperidine rings is 1. The van der Waals surface area contributed by atoms with Gasteiger partial charge in [0.1, 0.15) is 0 Å². The van der Waals surface area contributed by atoms with Crippen molar-refractivity contribution in [1.82, 2.24) is 14.5 Å². The van der Waals surface area contributed by atoms with Crippen LogP contribution in [0.3, 0.4) is 0 Å². The Morgan fingerprint density at radius 1 is 1.40 bits per heavy atom. The quantitative estimate of drug-likeness (QED) is 0.840. The second-order valence-electron chi connectivity index (χ2n) is 6.66. The van der Waals surface area contributed by atoms with E-state index in [1.165, 1.54) is 18.2 Å². The van der Waals surface area contributed by atoms with Crippen molar-refractivity contribution >= 4 is 5.97 Å². The van der Waals surface area contributed by atoms with Crippen molar-refractivity contribution in [2.75, 3.05) is 20.2 Å². The molecule has 2 heterocycles. The van der Waals surface area contributed by atoms with Gasteiger partial charge in [0.15, 0.2) is 6.10 Å². The summed E-state index contributed by atoms with van der Waals surface area (Å²) in [5, 5.41) is 9.98. The summed E-state index contributed by atoms with van der Waals surface area (Å²) in [5.74, 6) is -0.530. The first kappa shape index (κ1) is 17.6. The molecule has 0 amide bonds. The Kier molecular flexibility index (Phi) is 5.50. The SMILES string of the molecule is COC(=O)[C@@H](O)C1CCN(Cc2ccc(-n3ccnc3)cc2C)CC1. The summed E-state index contributed by atoms with van der Waals surface area (Å²) in [4.78, 5) is 17.9. The molecule has 0 unspecified atom stereocenters. The summed E-state index contributed by atoms with van der Waals surface area (Å²) < 4.78 is 6.63. The van der Waals surface area contributed by atoms with Crippen molar-refractivity contribution in [2.24, 2.45) is 5.92 Å². The van der Waals surface area contributed by atoms with E-state index in [0.717, 1.165) is 38.2 Å². The molecule has 1 saturated heterocycles. The smallest absolute Gasteiger partial charge is 0.334 e. The van der Waals surface area contributed by atoms with Crippen LogP contribution in [0.4, 0.5) is 0 Å². The fourth-order valence-electron chi connectivity index (χ4n) is 3.41. The third-order valence-electron chi connectivity index (χ3n) is 5.04. The number of aliphatic hydroxyl groups excluding tert-OH is 1. The number of imidazole rings is 1. The zero-order chi connectivity index (χ0) is 17.8. The van der Waals surface area contributed by atoms with Gasteiger partial charge in [0.05, 0.1) is 13.4 Å². The number of nitrogens with zero attached hydrogens (tertiary/aromatic N) is 3. The molecule has 1 N–H and O–H groups in total. The molecule has 134 valence electrons. The van der Waals surface area contributed by atoms with Gasteiger partial charge in [-0.2, -0.15) is 0 Å². The van der Waals surface area contributed by atoms with E-state index in [9.17, 15) is 9.90 Å². The Morgan fingerprint density at radius 3 is 2.76 bits per heavy atom. The number of likely N-dealkylation sites (tertiary alicyclic amines) is 1. The molecule has 0 saturated carbocycles. The molecule has 6 nitrogen and oxygen atoms in total. The molecule has 0 radical (unpaired) electrons. The number of hydrogen-bond donors (Lipinski definition) is 1. The zero-order valence-corrected chi connectivity index (χ0v) is 14.8. The average Bonchev–Trinajstić information content (AvgIpc) is 3.17. The van der Waals surface area contributed by atoms with E-state index in [4.69, 9.17) is 0 Å². The monoisotopic (exact) mass is 343 g/mol. The third-order valence-corrected chi connectivity index (χ3v) is 5.04. The molecular weight excluding hydrogens is 318 g/mol. The molecule has 25 heavy (non-hydrogen) atoms. The van der Waals surface area contributed by atoms with Crippen molar-refractivity contribution < 1.29 is 14.6 Å². The summed E-state index contributed by atoms with van der Waals surface area (Å²) in [7, 11) is 1.32. The minimum atomic E-state index is -0.997. The van der Waals surface area contributed by atoms with Crippen LogP contribution in [0.1, 0.15) is 24.0 Å². The van der Waals surface area contributed by atoms with Crippen LogP contribution in [-0.2, 0) is 16.1 Å². The van der Waals surface area contributed by atoms with E-state index >= 15 is 0 Å². The largest absolute Gasteiger partial charge is 0.467 e. The van der Waals surface area contributed by atoms with E-state index in [0.29, 0.717) is 0 Å². The summed E-state index contributed by atoms with van der Waals surface area (Å²) in [6.07, 6.45) is 6.13. The van der Waals surface area contributed by atoms with E-state index in [-0.39, 0.29) is 5.92 Å². The van der Waals surface area contributed by atoms with Gasteiger partial charge < -0.3 is 14.4 Å². The van der Waals surface area contributed by atoms with Gasteiger partial charge in [0.25, 0.3) is 0 Å². The number of aryl methyl sites for hydroxylation is 1. The maximum absolute atomic E-state index is 11.5. The number of ether oxygens (including phenoxy) is 1. The molecular formula is C19H25N3O3. The molecule has 1 fully saturated rings. The van der Waals surface area contributed by atoms with Gasteiger partial charge in [-0.05, 0) is 62.0 Å². The minimum absolute atomic E-state index is 0.00610. The number of rotatable bonds is 5. The van der Waals surface area contributed by atoms with E-state index < -0.39 is 12.1 Å². The predicted octanol–water partition coefficient (Wildman–Crippen LogP) is 1.93. The summed E-state index contributed by atoms with van der Waals surface area (Å²) >= 11 is 0. The molecule has 1 aliphatic heterocycles. The number of hydrogen-bond acceptors (Lipinski definition) is 5. The molecule has 1 aromatic carbocycles. The van der Waals surface area contributed by atoms with Gasteiger partial charge in [-0.15, -0.1) is 0 Å². The molecule has 0 bridgehead atoms. The molecule has 2 aromatic rings. The van der Waals surface area contributed by atoms with Crippen molar-refractivity contribution in [3.05, 3.63) is 48.0 Å². The normalized spacial score (nSPS) is 17.4. The number of benzene rings is 1. The fraction of sp³-hybridized carbons (Fsp3) is 0.474. The number of methoxy groups -OCH3 is 1. The van der Waals surface area contributed by atoms with Gasteiger partial charge in [0.2, 0.25) is 0 Å². The van der Waals surface area contributed by atoms with Crippen LogP contribution in [0, 0.1) is 12.8 Å². The minimum Gasteiger partial charge on any atom is -0.467 e. The molecule has 0 spiro atoms. The lowest BCUT2D eigenvalue weighted by Gasteiger charge is -2.33. The Bertz CT molecular complexity index is 707. The topological polar surface area (TPSA) is 67.6 Å². The van der Waals surface area contributed by atoms with E-state index in [1.54, 1.807) is 12.5 Å². The highest BCUT2D eigenvalue weighted by Gasteiger charge is 2.30. The van der Waals surface area contributed by atoms with Crippen molar-refractivity contribution in [3.8, 4) is 5.69 Å². The molecule has 3 rings (SSSR count). The number of carbonyl (C=O) groups is 1. The van der Waals surface area contributed by atoms with Crippen molar-refractivity contribution in [1.29, 1.82) is 0 Å². The number of carbonyl (C=O) groups excluding carboxylic acids is 1. The summed E-state index contributed by atoms with van der Waals surface area (Å²) in [6.45, 7) is 4.77. The van der Waals surface area contributed by atoms with Gasteiger partial charge in [-0.3, -0.25) is 4.90 Å². The summed E-state index contributed by atoms with van der Waals surface area (Å²) in [6, 6.07) is 6.45. The molecule has 6 heteroatoms. The second kappa shape index (κ2) is 7.80. The van der Waals surface area contributed by atoms with Crippen LogP contribution in [0.5, 0.6) is 0 Å². The van der Waals surface area contributed by atoms with Gasteiger partial charge in [0, 0.05) is 24.6 Å². The van der Waals surface area contributed by atoms with Crippen molar-refractivity contribution in [3.63, 3.8) is 0 Å². The zero-order valence-electron chi connectivity index (χ0n) is 14.8. The lowest BCUT2D eigenvalue weighted by molar-refractivity contribution is -0.154. The van der Waals surface area contributed by atoms with E-state index in [1.807, 2.05) is 10.8 Å². The highest BCUT2D eigenvalue weighted by molar-refractivity contribution is 5.74. The summed E-state index contributed by atoms with van der Waals surface area (Å²) in [5.41, 5.74) is 3.66. The number of aliphatic hydroxyl groups is 1. The maximum Gasteiger partial charge on any atom is 0.334 e. The highest BCUT2D eigenvalue weighted by Crippen LogP contribution is 2.24. The van der Waals surface area contributed by atoms with Crippen LogP contribution in [0.2, 0.25) is 0 Å². The van der Waals surface area contributed by atoms with Crippen LogP contribution < -0.4 is 0 Å². The highest BCUT2D eigenvalue weighted by atomic mass is 16.5. The average molecular weight is 343 g/mol.